The molecular formula is C14H21NO5S. The summed E-state index contributed by atoms with van der Waals surface area (Å²) in [6.07, 6.45) is 0.862. The second kappa shape index (κ2) is 6.55. The summed E-state index contributed by atoms with van der Waals surface area (Å²) in [5.74, 6) is -1.19. The van der Waals surface area contributed by atoms with Gasteiger partial charge in [-0.2, -0.15) is 0 Å². The smallest absolute Gasteiger partial charge is 0.335 e. The molecule has 0 spiro atoms. The molecule has 0 saturated heterocycles. The molecular weight excluding hydrogens is 294 g/mol. The molecule has 0 amide bonds. The molecule has 1 rings (SSSR count). The summed E-state index contributed by atoms with van der Waals surface area (Å²) in [7, 11) is -3.91. The Hall–Kier alpha value is -1.44. The van der Waals surface area contributed by atoms with Crippen LogP contribution < -0.4 is 4.72 Å². The van der Waals surface area contributed by atoms with Crippen LogP contribution in [0.3, 0.4) is 0 Å². The normalized spacial score (nSPS) is 14.7. The van der Waals surface area contributed by atoms with Crippen LogP contribution in [0.4, 0.5) is 0 Å². The molecule has 3 N–H and O–H groups in total. The van der Waals surface area contributed by atoms with E-state index in [-0.39, 0.29) is 17.1 Å². The molecule has 6 nitrogen and oxygen atoms in total. The van der Waals surface area contributed by atoms with Crippen LogP contribution in [0.25, 0.3) is 0 Å². The van der Waals surface area contributed by atoms with Gasteiger partial charge in [0.1, 0.15) is 0 Å². The van der Waals surface area contributed by atoms with E-state index < -0.39 is 21.5 Å². The molecule has 0 aromatic heterocycles. The Labute approximate surface area is 124 Å². The number of sulfonamides is 1. The van der Waals surface area contributed by atoms with Crippen molar-refractivity contribution in [1.82, 2.24) is 4.72 Å². The Morgan fingerprint density at radius 3 is 2.38 bits per heavy atom. The minimum Gasteiger partial charge on any atom is -0.478 e. The van der Waals surface area contributed by atoms with Crippen molar-refractivity contribution in [2.24, 2.45) is 0 Å². The molecule has 0 fully saturated rings. The fourth-order valence-corrected chi connectivity index (χ4v) is 3.63. The molecule has 0 aliphatic heterocycles. The predicted molar refractivity (Wildman–Crippen MR) is 78.9 cm³/mol. The van der Waals surface area contributed by atoms with Crippen LogP contribution in [0.2, 0.25) is 0 Å². The van der Waals surface area contributed by atoms with Crippen LogP contribution in [0.5, 0.6) is 0 Å². The molecule has 21 heavy (non-hydrogen) atoms. The molecule has 0 bridgehead atoms. The first-order chi connectivity index (χ1) is 9.69. The number of aryl methyl sites for hydroxylation is 1. The van der Waals surface area contributed by atoms with Gasteiger partial charge < -0.3 is 10.2 Å². The largest absolute Gasteiger partial charge is 0.478 e. The van der Waals surface area contributed by atoms with Crippen molar-refractivity contribution in [3.05, 3.63) is 29.3 Å². The second-order valence-electron chi connectivity index (χ2n) is 5.16. The van der Waals surface area contributed by atoms with Gasteiger partial charge in [0.25, 0.3) is 0 Å². The van der Waals surface area contributed by atoms with Gasteiger partial charge in [-0.1, -0.05) is 19.9 Å². The number of hydrogen-bond acceptors (Lipinski definition) is 4. The average Bonchev–Trinajstić information content (AvgIpc) is 2.45. The molecule has 1 aromatic rings. The van der Waals surface area contributed by atoms with Gasteiger partial charge in [-0.3, -0.25) is 0 Å². The number of aliphatic hydroxyl groups excluding tert-OH is 1. The number of aromatic carboxylic acids is 1. The van der Waals surface area contributed by atoms with Crippen molar-refractivity contribution >= 4 is 16.0 Å². The van der Waals surface area contributed by atoms with Gasteiger partial charge in [0, 0.05) is 0 Å². The van der Waals surface area contributed by atoms with Crippen molar-refractivity contribution in [3.63, 3.8) is 0 Å². The summed E-state index contributed by atoms with van der Waals surface area (Å²) < 4.78 is 27.5. The first-order valence-electron chi connectivity index (χ1n) is 6.70. The maximum atomic E-state index is 12.5. The zero-order valence-electron chi connectivity index (χ0n) is 12.4. The summed E-state index contributed by atoms with van der Waals surface area (Å²) in [6, 6.07) is 4.03. The quantitative estimate of drug-likeness (QED) is 0.705. The Bertz CT molecular complexity index is 620. The lowest BCUT2D eigenvalue weighted by Gasteiger charge is -2.27. The molecule has 0 aliphatic rings. The molecule has 1 unspecified atom stereocenters. The summed E-state index contributed by atoms with van der Waals surface area (Å²) in [5.41, 5.74) is -0.540. The van der Waals surface area contributed by atoms with E-state index in [1.165, 1.54) is 12.1 Å². The molecule has 7 heteroatoms. The third-order valence-electron chi connectivity index (χ3n) is 3.49. The highest BCUT2D eigenvalue weighted by atomic mass is 32.2. The highest BCUT2D eigenvalue weighted by Gasteiger charge is 2.30. The summed E-state index contributed by atoms with van der Waals surface area (Å²) >= 11 is 0. The lowest BCUT2D eigenvalue weighted by atomic mass is 10.0. The first-order valence-corrected chi connectivity index (χ1v) is 8.18. The summed E-state index contributed by atoms with van der Waals surface area (Å²) in [5, 5.41) is 18.4. The fraction of sp³-hybridized carbons (Fsp3) is 0.500. The molecule has 0 aliphatic carbocycles. The Morgan fingerprint density at radius 2 is 1.95 bits per heavy atom. The van der Waals surface area contributed by atoms with Gasteiger partial charge in [-0.15, -0.1) is 0 Å². The second-order valence-corrected chi connectivity index (χ2v) is 6.81. The number of hydrogen-bond donors (Lipinski definition) is 3. The monoisotopic (exact) mass is 315 g/mol. The number of rotatable bonds is 7. The van der Waals surface area contributed by atoms with E-state index in [0.717, 1.165) is 6.07 Å². The van der Waals surface area contributed by atoms with E-state index in [1.54, 1.807) is 20.8 Å². The van der Waals surface area contributed by atoms with Gasteiger partial charge in [0.15, 0.2) is 0 Å². The van der Waals surface area contributed by atoms with E-state index in [9.17, 15) is 18.3 Å². The Morgan fingerprint density at radius 1 is 1.33 bits per heavy atom. The maximum Gasteiger partial charge on any atom is 0.335 e. The number of aliphatic hydroxyl groups is 1. The molecule has 0 radical (unpaired) electrons. The van der Waals surface area contributed by atoms with Gasteiger partial charge in [0.05, 0.1) is 22.6 Å². The number of carbonyl (C=O) groups is 1. The van der Waals surface area contributed by atoms with Gasteiger partial charge in [-0.25, -0.2) is 17.9 Å². The molecule has 1 atom stereocenters. The first kappa shape index (κ1) is 17.6. The SMILES string of the molecule is CCc1ccc(C(=O)O)cc1S(=O)(=O)NC(C)(CC)CO. The topological polar surface area (TPSA) is 104 Å². The van der Waals surface area contributed by atoms with Crippen LogP contribution in [0.1, 0.15) is 43.1 Å². The summed E-state index contributed by atoms with van der Waals surface area (Å²) in [6.45, 7) is 4.80. The maximum absolute atomic E-state index is 12.5. The third kappa shape index (κ3) is 4.03. The zero-order valence-corrected chi connectivity index (χ0v) is 13.2. The summed E-state index contributed by atoms with van der Waals surface area (Å²) in [4.78, 5) is 11.0. The standard InChI is InChI=1S/C14H21NO5S/c1-4-10-6-7-11(13(17)18)8-12(10)21(19,20)15-14(3,5-2)9-16/h6-8,15-16H,4-5,9H2,1-3H3,(H,17,18). The third-order valence-corrected chi connectivity index (χ3v) is 5.22. The lowest BCUT2D eigenvalue weighted by Crippen LogP contribution is -2.48. The molecule has 118 valence electrons. The van der Waals surface area contributed by atoms with E-state index in [1.807, 2.05) is 0 Å². The van der Waals surface area contributed by atoms with E-state index in [0.29, 0.717) is 18.4 Å². The van der Waals surface area contributed by atoms with Gasteiger partial charge >= 0.3 is 5.97 Å². The van der Waals surface area contributed by atoms with Gasteiger partial charge in [0.2, 0.25) is 10.0 Å². The van der Waals surface area contributed by atoms with Crippen LogP contribution in [0.15, 0.2) is 23.1 Å². The van der Waals surface area contributed by atoms with E-state index >= 15 is 0 Å². The predicted octanol–water partition coefficient (Wildman–Crippen LogP) is 1.39. The van der Waals surface area contributed by atoms with Crippen molar-refractivity contribution < 1.29 is 23.4 Å². The average molecular weight is 315 g/mol. The number of nitrogens with one attached hydrogen (secondary N) is 1. The van der Waals surface area contributed by atoms with Gasteiger partial charge in [-0.05, 0) is 37.5 Å². The van der Waals surface area contributed by atoms with Crippen molar-refractivity contribution in [2.45, 2.75) is 44.0 Å². The van der Waals surface area contributed by atoms with Crippen molar-refractivity contribution in [1.29, 1.82) is 0 Å². The Balaban J connectivity index is 3.36. The molecule has 0 saturated carbocycles. The van der Waals surface area contributed by atoms with Crippen molar-refractivity contribution in [3.8, 4) is 0 Å². The lowest BCUT2D eigenvalue weighted by molar-refractivity contribution is 0.0696. The molecule has 1 aromatic carbocycles. The minimum absolute atomic E-state index is 0.0574. The van der Waals surface area contributed by atoms with Crippen molar-refractivity contribution in [2.75, 3.05) is 6.61 Å². The number of carboxylic acid groups (broad SMARTS) is 1. The van der Waals surface area contributed by atoms with Crippen LogP contribution in [-0.2, 0) is 16.4 Å². The van der Waals surface area contributed by atoms with Crippen LogP contribution in [0, 0.1) is 0 Å². The fourth-order valence-electron chi connectivity index (χ4n) is 1.83. The van der Waals surface area contributed by atoms with E-state index in [2.05, 4.69) is 4.72 Å². The van der Waals surface area contributed by atoms with E-state index in [4.69, 9.17) is 5.11 Å². The Kier molecular flexibility index (Phi) is 5.49. The highest BCUT2D eigenvalue weighted by molar-refractivity contribution is 7.89. The van der Waals surface area contributed by atoms with Crippen LogP contribution >= 0.6 is 0 Å². The highest BCUT2D eigenvalue weighted by Crippen LogP contribution is 2.21. The molecule has 0 heterocycles. The number of benzene rings is 1. The minimum atomic E-state index is -3.91. The van der Waals surface area contributed by atoms with Crippen LogP contribution in [-0.4, -0.2) is 36.7 Å². The zero-order chi connectivity index (χ0) is 16.3. The number of carboxylic acids is 1.